The number of rotatable bonds is 6. The summed E-state index contributed by atoms with van der Waals surface area (Å²) in [6.07, 6.45) is 1.05. The van der Waals surface area contributed by atoms with E-state index in [1.165, 1.54) is 22.5 Å². The van der Waals surface area contributed by atoms with Gasteiger partial charge in [0, 0.05) is 18.7 Å². The number of aromatic nitrogens is 1. The smallest absolute Gasteiger partial charge is 0.338 e. The van der Waals surface area contributed by atoms with Crippen LogP contribution in [0.25, 0.3) is 11.3 Å². The van der Waals surface area contributed by atoms with Gasteiger partial charge in [0.05, 0.1) is 29.0 Å². The van der Waals surface area contributed by atoms with Crippen molar-refractivity contribution in [2.75, 3.05) is 13.1 Å². The summed E-state index contributed by atoms with van der Waals surface area (Å²) in [4.78, 5) is 16.6. The van der Waals surface area contributed by atoms with E-state index in [2.05, 4.69) is 4.98 Å². The molecule has 0 bridgehead atoms. The molecule has 1 aliphatic rings. The molecule has 0 amide bonds. The summed E-state index contributed by atoms with van der Waals surface area (Å²) in [6.45, 7) is 3.81. The number of carbonyl (C=O) groups excluding carboxylic acids is 1. The molecule has 3 aromatic rings. The van der Waals surface area contributed by atoms with Crippen LogP contribution in [0.3, 0.4) is 0 Å². The van der Waals surface area contributed by atoms with E-state index in [1.807, 2.05) is 30.3 Å². The van der Waals surface area contributed by atoms with Gasteiger partial charge in [0.25, 0.3) is 0 Å². The minimum Gasteiger partial charge on any atom is -0.452 e. The number of oxazole rings is 1. The third kappa shape index (κ3) is 5.27. The number of esters is 1. The van der Waals surface area contributed by atoms with Crippen LogP contribution in [0.4, 0.5) is 0 Å². The fraction of sp³-hybridized carbons (Fsp3) is 0.304. The molecule has 10 heteroatoms. The third-order valence-electron chi connectivity index (χ3n) is 5.11. The minimum atomic E-state index is -3.93. The molecule has 0 saturated carbocycles. The highest BCUT2D eigenvalue weighted by molar-refractivity contribution is 7.89. The fourth-order valence-electron chi connectivity index (χ4n) is 3.62. The monoisotopic (exact) mass is 490 g/mol. The summed E-state index contributed by atoms with van der Waals surface area (Å²) >= 11 is 6.20. The van der Waals surface area contributed by atoms with Crippen LogP contribution in [-0.4, -0.2) is 49.0 Å². The van der Waals surface area contributed by atoms with E-state index in [1.54, 1.807) is 20.0 Å². The number of benzene rings is 2. The van der Waals surface area contributed by atoms with E-state index in [4.69, 9.17) is 25.5 Å². The first kappa shape index (κ1) is 23.4. The van der Waals surface area contributed by atoms with Crippen molar-refractivity contribution < 1.29 is 27.1 Å². The lowest BCUT2D eigenvalue weighted by Gasteiger charge is -2.34. The lowest BCUT2D eigenvalue weighted by Crippen LogP contribution is -2.48. The van der Waals surface area contributed by atoms with Gasteiger partial charge in [-0.15, -0.1) is 0 Å². The van der Waals surface area contributed by atoms with Gasteiger partial charge in [-0.2, -0.15) is 4.31 Å². The highest BCUT2D eigenvalue weighted by Gasteiger charge is 2.34. The van der Waals surface area contributed by atoms with Gasteiger partial charge in [-0.1, -0.05) is 41.9 Å². The summed E-state index contributed by atoms with van der Waals surface area (Å²) in [5.41, 5.74) is 0.907. The van der Waals surface area contributed by atoms with Crippen LogP contribution in [-0.2, 0) is 26.1 Å². The zero-order valence-corrected chi connectivity index (χ0v) is 19.7. The van der Waals surface area contributed by atoms with Crippen molar-refractivity contribution >= 4 is 27.6 Å². The van der Waals surface area contributed by atoms with Crippen LogP contribution in [0.1, 0.15) is 30.1 Å². The highest BCUT2D eigenvalue weighted by Crippen LogP contribution is 2.28. The van der Waals surface area contributed by atoms with Crippen LogP contribution >= 0.6 is 11.6 Å². The van der Waals surface area contributed by atoms with Crippen molar-refractivity contribution in [1.29, 1.82) is 0 Å². The van der Waals surface area contributed by atoms with Crippen molar-refractivity contribution in [3.8, 4) is 11.3 Å². The Balaban J connectivity index is 1.48. The van der Waals surface area contributed by atoms with Crippen LogP contribution in [0.5, 0.6) is 0 Å². The van der Waals surface area contributed by atoms with Crippen molar-refractivity contribution in [1.82, 2.24) is 9.29 Å². The van der Waals surface area contributed by atoms with Gasteiger partial charge in [-0.25, -0.2) is 18.2 Å². The van der Waals surface area contributed by atoms with Gasteiger partial charge in [0.1, 0.15) is 4.90 Å². The van der Waals surface area contributed by atoms with Gasteiger partial charge in [-0.3, -0.25) is 0 Å². The number of carbonyl (C=O) groups is 1. The Morgan fingerprint density at radius 1 is 1.15 bits per heavy atom. The first-order valence-corrected chi connectivity index (χ1v) is 12.2. The second-order valence-corrected chi connectivity index (χ2v) is 10.1. The van der Waals surface area contributed by atoms with Gasteiger partial charge >= 0.3 is 5.97 Å². The molecule has 2 atom stereocenters. The van der Waals surface area contributed by atoms with Crippen molar-refractivity contribution in [2.45, 2.75) is 37.6 Å². The van der Waals surface area contributed by atoms with E-state index in [0.717, 1.165) is 5.56 Å². The Hall–Kier alpha value is -2.72. The van der Waals surface area contributed by atoms with Crippen molar-refractivity contribution in [3.05, 3.63) is 71.2 Å². The Kier molecular flexibility index (Phi) is 6.85. The van der Waals surface area contributed by atoms with E-state index < -0.39 is 16.0 Å². The van der Waals surface area contributed by atoms with E-state index in [9.17, 15) is 13.2 Å². The predicted octanol–water partition coefficient (Wildman–Crippen LogP) is 4.15. The Bertz CT molecular complexity index is 1230. The molecule has 174 valence electrons. The van der Waals surface area contributed by atoms with Gasteiger partial charge in [0.15, 0.2) is 12.4 Å². The molecule has 2 aromatic carbocycles. The molecular formula is C23H23ClN2O6S. The topological polar surface area (TPSA) is 98.9 Å². The molecule has 4 rings (SSSR count). The minimum absolute atomic E-state index is 0.0264. The summed E-state index contributed by atoms with van der Waals surface area (Å²) in [7, 11) is -3.93. The lowest BCUT2D eigenvalue weighted by atomic mass is 10.2. The number of hydrogen-bond acceptors (Lipinski definition) is 7. The third-order valence-corrected chi connectivity index (χ3v) is 7.42. The zero-order valence-electron chi connectivity index (χ0n) is 18.1. The normalized spacial score (nSPS) is 19.4. The molecule has 1 aromatic heterocycles. The molecular weight excluding hydrogens is 468 g/mol. The molecule has 0 N–H and O–H groups in total. The van der Waals surface area contributed by atoms with Crippen molar-refractivity contribution in [3.63, 3.8) is 0 Å². The van der Waals surface area contributed by atoms with Crippen LogP contribution < -0.4 is 0 Å². The van der Waals surface area contributed by atoms with Gasteiger partial charge < -0.3 is 13.9 Å². The maximum Gasteiger partial charge on any atom is 0.338 e. The molecule has 2 unspecified atom stereocenters. The van der Waals surface area contributed by atoms with E-state index in [0.29, 0.717) is 5.76 Å². The molecule has 1 aliphatic heterocycles. The lowest BCUT2D eigenvalue weighted by molar-refractivity contribution is -0.0440. The molecule has 2 heterocycles. The second-order valence-electron chi connectivity index (χ2n) is 7.78. The molecule has 1 saturated heterocycles. The molecule has 0 radical (unpaired) electrons. The van der Waals surface area contributed by atoms with E-state index in [-0.39, 0.29) is 53.3 Å². The van der Waals surface area contributed by atoms with Gasteiger partial charge in [0.2, 0.25) is 15.9 Å². The standard InChI is InChI=1S/C23H23ClN2O6S/c1-15-12-26(13-16(2)31-15)33(28,29)21-10-18(8-9-19(21)24)23(27)30-14-22-25-11-20(32-22)17-6-4-3-5-7-17/h3-11,15-16H,12-14H2,1-2H3. The molecule has 1 fully saturated rings. The molecule has 8 nitrogen and oxygen atoms in total. The molecule has 0 aliphatic carbocycles. The first-order valence-electron chi connectivity index (χ1n) is 10.4. The number of halogens is 1. The predicted molar refractivity (Wildman–Crippen MR) is 121 cm³/mol. The largest absolute Gasteiger partial charge is 0.452 e. The van der Waals surface area contributed by atoms with Gasteiger partial charge in [-0.05, 0) is 32.0 Å². The number of nitrogens with zero attached hydrogens (tertiary/aromatic N) is 2. The SMILES string of the molecule is CC1CN(S(=O)(=O)c2cc(C(=O)OCc3ncc(-c4ccccc4)o3)ccc2Cl)CC(C)O1. The zero-order chi connectivity index (χ0) is 23.6. The number of sulfonamides is 1. The second kappa shape index (κ2) is 9.64. The molecule has 0 spiro atoms. The summed E-state index contributed by atoms with van der Waals surface area (Å²) < 4.78 is 44.2. The maximum absolute atomic E-state index is 13.2. The average molecular weight is 491 g/mol. The number of hydrogen-bond donors (Lipinski definition) is 0. The maximum atomic E-state index is 13.2. The fourth-order valence-corrected chi connectivity index (χ4v) is 5.71. The van der Waals surface area contributed by atoms with Crippen LogP contribution in [0, 0.1) is 0 Å². The quantitative estimate of drug-likeness (QED) is 0.478. The summed E-state index contributed by atoms with van der Waals surface area (Å²) in [6, 6.07) is 13.4. The Morgan fingerprint density at radius 3 is 2.55 bits per heavy atom. The summed E-state index contributed by atoms with van der Waals surface area (Å²) in [5.74, 6) is 0.0575. The van der Waals surface area contributed by atoms with Crippen LogP contribution in [0.2, 0.25) is 5.02 Å². The first-order chi connectivity index (χ1) is 15.7. The number of morpholine rings is 1. The van der Waals surface area contributed by atoms with E-state index >= 15 is 0 Å². The Morgan fingerprint density at radius 2 is 1.85 bits per heavy atom. The highest BCUT2D eigenvalue weighted by atomic mass is 35.5. The van der Waals surface area contributed by atoms with Crippen LogP contribution in [0.15, 0.2) is 64.0 Å². The number of ether oxygens (including phenoxy) is 2. The van der Waals surface area contributed by atoms with Crippen molar-refractivity contribution in [2.24, 2.45) is 0 Å². The molecule has 33 heavy (non-hydrogen) atoms. The summed E-state index contributed by atoms with van der Waals surface area (Å²) in [5, 5.41) is 0.0264. The Labute approximate surface area is 197 Å². The average Bonchev–Trinajstić information content (AvgIpc) is 3.27.